The number of hydrogen-bond donors (Lipinski definition) is 1. The highest BCUT2D eigenvalue weighted by Crippen LogP contribution is 2.26. The highest BCUT2D eigenvalue weighted by molar-refractivity contribution is 6.00. The number of esters is 1. The molecule has 0 bridgehead atoms. The van der Waals surface area contributed by atoms with Crippen molar-refractivity contribution in [3.8, 4) is 11.8 Å². The van der Waals surface area contributed by atoms with Gasteiger partial charge in [0.2, 0.25) is 5.91 Å². The summed E-state index contributed by atoms with van der Waals surface area (Å²) in [5.41, 5.74) is 2.45. The van der Waals surface area contributed by atoms with Crippen molar-refractivity contribution >= 4 is 17.6 Å². The first-order valence-corrected chi connectivity index (χ1v) is 5.77. The minimum absolute atomic E-state index is 0.0235. The Morgan fingerprint density at radius 1 is 1.50 bits per heavy atom. The molecular formula is C14H13NO3. The third-order valence-corrected chi connectivity index (χ3v) is 2.53. The third kappa shape index (κ3) is 2.69. The van der Waals surface area contributed by atoms with Crippen LogP contribution in [0, 0.1) is 11.8 Å². The van der Waals surface area contributed by atoms with Crippen LogP contribution in [0.3, 0.4) is 0 Å². The summed E-state index contributed by atoms with van der Waals surface area (Å²) in [5, 5.41) is 2.77. The summed E-state index contributed by atoms with van der Waals surface area (Å²) >= 11 is 0. The van der Waals surface area contributed by atoms with Crippen LogP contribution in [0.1, 0.15) is 24.5 Å². The average molecular weight is 243 g/mol. The molecule has 1 heterocycles. The molecule has 1 aromatic carbocycles. The van der Waals surface area contributed by atoms with Gasteiger partial charge in [-0.1, -0.05) is 24.0 Å². The summed E-state index contributed by atoms with van der Waals surface area (Å²) in [6.45, 7) is 2.11. The van der Waals surface area contributed by atoms with E-state index in [2.05, 4.69) is 17.2 Å². The highest BCUT2D eigenvalue weighted by atomic mass is 16.5. The lowest BCUT2D eigenvalue weighted by Crippen LogP contribution is -2.04. The van der Waals surface area contributed by atoms with Crippen LogP contribution in [0.5, 0.6) is 0 Å². The Bertz CT molecular complexity index is 552. The standard InChI is InChI=1S/C14H13NO3/c1-2-18-13(17)8-4-6-10-5-3-7-11-9-12(16)15-14(10)11/h3,5,7H,2,8-9H2,1H3,(H,15,16). The fraction of sp³-hybridized carbons (Fsp3) is 0.286. The summed E-state index contributed by atoms with van der Waals surface area (Å²) in [6.07, 6.45) is 0.453. The van der Waals surface area contributed by atoms with Gasteiger partial charge in [-0.2, -0.15) is 0 Å². The van der Waals surface area contributed by atoms with Gasteiger partial charge in [-0.15, -0.1) is 0 Å². The van der Waals surface area contributed by atoms with Gasteiger partial charge in [-0.3, -0.25) is 9.59 Å². The van der Waals surface area contributed by atoms with Crippen molar-refractivity contribution < 1.29 is 14.3 Å². The van der Waals surface area contributed by atoms with Crippen LogP contribution in [-0.4, -0.2) is 18.5 Å². The van der Waals surface area contributed by atoms with Crippen molar-refractivity contribution in [2.75, 3.05) is 11.9 Å². The van der Waals surface area contributed by atoms with Gasteiger partial charge in [-0.25, -0.2) is 0 Å². The Hall–Kier alpha value is -2.28. The molecule has 1 aliphatic rings. The molecule has 0 unspecified atom stereocenters. The lowest BCUT2D eigenvalue weighted by atomic mass is 10.1. The second-order valence-electron chi connectivity index (χ2n) is 3.85. The Kier molecular flexibility index (Phi) is 3.63. The van der Waals surface area contributed by atoms with Gasteiger partial charge < -0.3 is 10.1 Å². The number of fused-ring (bicyclic) bond motifs is 1. The molecule has 0 fully saturated rings. The zero-order valence-corrected chi connectivity index (χ0v) is 10.1. The van der Waals surface area contributed by atoms with Gasteiger partial charge >= 0.3 is 5.97 Å². The first kappa shape index (κ1) is 12.2. The molecule has 0 aromatic heterocycles. The van der Waals surface area contributed by atoms with E-state index in [0.29, 0.717) is 13.0 Å². The SMILES string of the molecule is CCOC(=O)CC#Cc1cccc2c1NC(=O)C2. The number of rotatable bonds is 2. The number of hydrogen-bond acceptors (Lipinski definition) is 3. The molecule has 1 aromatic rings. The van der Waals surface area contributed by atoms with E-state index in [-0.39, 0.29) is 18.3 Å². The molecule has 18 heavy (non-hydrogen) atoms. The molecule has 4 nitrogen and oxygen atoms in total. The zero-order chi connectivity index (χ0) is 13.0. The van der Waals surface area contributed by atoms with E-state index < -0.39 is 0 Å². The molecule has 92 valence electrons. The maximum absolute atomic E-state index is 11.3. The van der Waals surface area contributed by atoms with E-state index in [9.17, 15) is 9.59 Å². The molecule has 1 N–H and O–H groups in total. The molecule has 4 heteroatoms. The Morgan fingerprint density at radius 3 is 3.11 bits per heavy atom. The summed E-state index contributed by atoms with van der Waals surface area (Å²) in [7, 11) is 0. The van der Waals surface area contributed by atoms with E-state index in [1.54, 1.807) is 6.92 Å². The predicted molar refractivity (Wildman–Crippen MR) is 66.9 cm³/mol. The van der Waals surface area contributed by atoms with Crippen molar-refractivity contribution in [2.45, 2.75) is 19.8 Å². The Balaban J connectivity index is 2.12. The number of carbonyl (C=O) groups excluding carboxylic acids is 2. The molecule has 0 aliphatic carbocycles. The van der Waals surface area contributed by atoms with Crippen LogP contribution in [-0.2, 0) is 20.7 Å². The lowest BCUT2D eigenvalue weighted by Gasteiger charge is -2.00. The minimum atomic E-state index is -0.332. The second kappa shape index (κ2) is 5.37. The van der Waals surface area contributed by atoms with Crippen molar-refractivity contribution in [3.05, 3.63) is 29.3 Å². The maximum Gasteiger partial charge on any atom is 0.317 e. The molecule has 0 atom stereocenters. The normalized spacial score (nSPS) is 12.2. The fourth-order valence-electron chi connectivity index (χ4n) is 1.78. The smallest absolute Gasteiger partial charge is 0.317 e. The molecule has 0 radical (unpaired) electrons. The predicted octanol–water partition coefficient (Wildman–Crippen LogP) is 1.49. The van der Waals surface area contributed by atoms with Crippen LogP contribution in [0.2, 0.25) is 0 Å². The van der Waals surface area contributed by atoms with Crippen LogP contribution in [0.25, 0.3) is 0 Å². The lowest BCUT2D eigenvalue weighted by molar-refractivity contribution is -0.141. The second-order valence-corrected chi connectivity index (χ2v) is 3.85. The molecular weight excluding hydrogens is 230 g/mol. The number of benzene rings is 1. The van der Waals surface area contributed by atoms with Gasteiger partial charge in [0.15, 0.2) is 0 Å². The quantitative estimate of drug-likeness (QED) is 0.632. The van der Waals surface area contributed by atoms with Crippen molar-refractivity contribution in [1.29, 1.82) is 0 Å². The topological polar surface area (TPSA) is 55.4 Å². The number of amides is 1. The first-order chi connectivity index (χ1) is 8.70. The fourth-order valence-corrected chi connectivity index (χ4v) is 1.78. The summed E-state index contributed by atoms with van der Waals surface area (Å²) in [6, 6.07) is 5.57. The van der Waals surface area contributed by atoms with E-state index in [1.165, 1.54) is 0 Å². The number of ether oxygens (including phenoxy) is 1. The van der Waals surface area contributed by atoms with Crippen LogP contribution < -0.4 is 5.32 Å². The molecule has 1 amide bonds. The molecule has 2 rings (SSSR count). The molecule has 0 saturated carbocycles. The number of carbonyl (C=O) groups is 2. The average Bonchev–Trinajstić information content (AvgIpc) is 2.70. The van der Waals surface area contributed by atoms with Gasteiger partial charge in [0, 0.05) is 5.56 Å². The maximum atomic E-state index is 11.3. The number of anilines is 1. The van der Waals surface area contributed by atoms with Crippen molar-refractivity contribution in [1.82, 2.24) is 0 Å². The highest BCUT2D eigenvalue weighted by Gasteiger charge is 2.19. The van der Waals surface area contributed by atoms with E-state index in [1.807, 2.05) is 18.2 Å². The van der Waals surface area contributed by atoms with Gasteiger partial charge in [0.05, 0.1) is 18.7 Å². The largest absolute Gasteiger partial charge is 0.465 e. The first-order valence-electron chi connectivity index (χ1n) is 5.77. The van der Waals surface area contributed by atoms with Crippen LogP contribution >= 0.6 is 0 Å². The van der Waals surface area contributed by atoms with Crippen molar-refractivity contribution in [2.24, 2.45) is 0 Å². The van der Waals surface area contributed by atoms with E-state index in [0.717, 1.165) is 16.8 Å². The number of para-hydroxylation sites is 1. The monoisotopic (exact) mass is 243 g/mol. The molecule has 1 aliphatic heterocycles. The van der Waals surface area contributed by atoms with Gasteiger partial charge in [0.25, 0.3) is 0 Å². The molecule has 0 spiro atoms. The minimum Gasteiger partial charge on any atom is -0.465 e. The van der Waals surface area contributed by atoms with Crippen molar-refractivity contribution in [3.63, 3.8) is 0 Å². The Labute approximate surface area is 105 Å². The molecule has 0 saturated heterocycles. The van der Waals surface area contributed by atoms with Crippen LogP contribution in [0.4, 0.5) is 5.69 Å². The summed E-state index contributed by atoms with van der Waals surface area (Å²) < 4.78 is 4.78. The van der Waals surface area contributed by atoms with Crippen LogP contribution in [0.15, 0.2) is 18.2 Å². The number of nitrogens with one attached hydrogen (secondary N) is 1. The summed E-state index contributed by atoms with van der Waals surface area (Å²) in [5.74, 6) is 5.29. The van der Waals surface area contributed by atoms with Gasteiger partial charge in [-0.05, 0) is 18.6 Å². The summed E-state index contributed by atoms with van der Waals surface area (Å²) in [4.78, 5) is 22.4. The zero-order valence-electron chi connectivity index (χ0n) is 10.1. The third-order valence-electron chi connectivity index (χ3n) is 2.53. The van der Waals surface area contributed by atoms with Gasteiger partial charge in [0.1, 0.15) is 6.42 Å². The van der Waals surface area contributed by atoms with E-state index in [4.69, 9.17) is 4.74 Å². The van der Waals surface area contributed by atoms with E-state index >= 15 is 0 Å². The Morgan fingerprint density at radius 2 is 2.33 bits per heavy atom.